The molecule has 2 aromatic rings. The van der Waals surface area contributed by atoms with Gasteiger partial charge in [0.2, 0.25) is 0 Å². The Labute approximate surface area is 127 Å². The quantitative estimate of drug-likeness (QED) is 0.885. The first kappa shape index (κ1) is 15.7. The number of benzene rings is 1. The van der Waals surface area contributed by atoms with E-state index in [1.807, 2.05) is 31.2 Å². The van der Waals surface area contributed by atoms with Crippen molar-refractivity contribution in [2.45, 2.75) is 24.1 Å². The van der Waals surface area contributed by atoms with Gasteiger partial charge in [0, 0.05) is 6.04 Å². The van der Waals surface area contributed by atoms with Crippen LogP contribution in [0, 0.1) is 6.92 Å². The highest BCUT2D eigenvalue weighted by Gasteiger charge is 2.21. The number of rotatable bonds is 5. The van der Waals surface area contributed by atoms with E-state index in [0.717, 1.165) is 22.5 Å². The van der Waals surface area contributed by atoms with E-state index in [1.54, 1.807) is 6.92 Å². The van der Waals surface area contributed by atoms with Gasteiger partial charge in [0.1, 0.15) is 9.09 Å². The van der Waals surface area contributed by atoms with Gasteiger partial charge < -0.3 is 5.11 Å². The lowest BCUT2D eigenvalue weighted by atomic mass is 10.1. The standard InChI is InChI=1S/C14H15NO4S2/c1-9-3-5-11(6-4-9)10(2)15-21(18,19)13-8-7-12(20-13)14(16)17/h3-8,10,15H,1-2H3,(H,16,17)/t10-/m1/s1. The van der Waals surface area contributed by atoms with E-state index >= 15 is 0 Å². The Morgan fingerprint density at radius 3 is 2.33 bits per heavy atom. The van der Waals surface area contributed by atoms with Crippen molar-refractivity contribution in [3.63, 3.8) is 0 Å². The second-order valence-corrected chi connectivity index (χ2v) is 7.70. The predicted octanol–water partition coefficient (Wildman–Crippen LogP) is 2.79. The number of thiophene rings is 1. The van der Waals surface area contributed by atoms with E-state index in [2.05, 4.69) is 4.72 Å². The summed E-state index contributed by atoms with van der Waals surface area (Å²) in [5.74, 6) is -1.13. The minimum absolute atomic E-state index is 0.00105. The Kier molecular flexibility index (Phi) is 4.46. The van der Waals surface area contributed by atoms with E-state index < -0.39 is 22.0 Å². The highest BCUT2D eigenvalue weighted by Crippen LogP contribution is 2.24. The van der Waals surface area contributed by atoms with Gasteiger partial charge in [0.05, 0.1) is 0 Å². The molecule has 2 rings (SSSR count). The van der Waals surface area contributed by atoms with Crippen molar-refractivity contribution in [2.24, 2.45) is 0 Å². The van der Waals surface area contributed by atoms with Crippen molar-refractivity contribution in [1.82, 2.24) is 4.72 Å². The van der Waals surface area contributed by atoms with Gasteiger partial charge in [-0.15, -0.1) is 11.3 Å². The molecule has 0 unspecified atom stereocenters. The maximum atomic E-state index is 12.2. The lowest BCUT2D eigenvalue weighted by molar-refractivity contribution is 0.0702. The van der Waals surface area contributed by atoms with Crippen LogP contribution in [-0.2, 0) is 10.0 Å². The van der Waals surface area contributed by atoms with Gasteiger partial charge in [-0.05, 0) is 31.5 Å². The average Bonchev–Trinajstić information content (AvgIpc) is 2.89. The summed E-state index contributed by atoms with van der Waals surface area (Å²) in [6.07, 6.45) is 0. The summed E-state index contributed by atoms with van der Waals surface area (Å²) in [6, 6.07) is 9.74. The molecule has 0 fully saturated rings. The molecule has 0 saturated heterocycles. The second kappa shape index (κ2) is 5.97. The number of carbonyl (C=O) groups is 1. The predicted molar refractivity (Wildman–Crippen MR) is 81.2 cm³/mol. The molecule has 0 aliphatic rings. The molecular weight excluding hydrogens is 310 g/mol. The van der Waals surface area contributed by atoms with Gasteiger partial charge >= 0.3 is 5.97 Å². The number of carboxylic acid groups (broad SMARTS) is 1. The van der Waals surface area contributed by atoms with Crippen LogP contribution in [0.15, 0.2) is 40.6 Å². The summed E-state index contributed by atoms with van der Waals surface area (Å²) >= 11 is 0.738. The van der Waals surface area contributed by atoms with E-state index in [-0.39, 0.29) is 9.09 Å². The van der Waals surface area contributed by atoms with Crippen LogP contribution in [0.1, 0.15) is 33.8 Å². The number of hydrogen-bond donors (Lipinski definition) is 2. The monoisotopic (exact) mass is 325 g/mol. The molecule has 0 spiro atoms. The maximum absolute atomic E-state index is 12.2. The van der Waals surface area contributed by atoms with Crippen molar-refractivity contribution >= 4 is 27.3 Å². The van der Waals surface area contributed by atoms with Crippen LogP contribution in [0.25, 0.3) is 0 Å². The minimum Gasteiger partial charge on any atom is -0.477 e. The first-order valence-electron chi connectivity index (χ1n) is 6.21. The van der Waals surface area contributed by atoms with E-state index in [0.29, 0.717) is 0 Å². The Morgan fingerprint density at radius 2 is 1.81 bits per heavy atom. The fraction of sp³-hybridized carbons (Fsp3) is 0.214. The Hall–Kier alpha value is -1.70. The summed E-state index contributed by atoms with van der Waals surface area (Å²) < 4.78 is 27.0. The molecule has 1 aromatic carbocycles. The van der Waals surface area contributed by atoms with Crippen LogP contribution >= 0.6 is 11.3 Å². The molecule has 21 heavy (non-hydrogen) atoms. The molecule has 0 saturated carbocycles. The molecule has 1 aromatic heterocycles. The lowest BCUT2D eigenvalue weighted by Gasteiger charge is -2.14. The number of aromatic carboxylic acids is 1. The average molecular weight is 325 g/mol. The third-order valence-electron chi connectivity index (χ3n) is 2.97. The first-order valence-corrected chi connectivity index (χ1v) is 8.51. The van der Waals surface area contributed by atoms with E-state index in [4.69, 9.17) is 5.11 Å². The molecule has 1 atom stereocenters. The van der Waals surface area contributed by atoms with Crippen LogP contribution in [0.3, 0.4) is 0 Å². The zero-order chi connectivity index (χ0) is 15.6. The third-order valence-corrected chi connectivity index (χ3v) is 6.07. The van der Waals surface area contributed by atoms with Gasteiger partial charge in [0.15, 0.2) is 0 Å². The van der Waals surface area contributed by atoms with Crippen LogP contribution in [0.2, 0.25) is 0 Å². The fourth-order valence-corrected chi connectivity index (χ4v) is 4.19. The largest absolute Gasteiger partial charge is 0.477 e. The normalized spacial score (nSPS) is 13.0. The van der Waals surface area contributed by atoms with Crippen LogP contribution in [0.4, 0.5) is 0 Å². The fourth-order valence-electron chi connectivity index (χ4n) is 1.79. The van der Waals surface area contributed by atoms with Gasteiger partial charge in [-0.2, -0.15) is 0 Å². The summed E-state index contributed by atoms with van der Waals surface area (Å²) in [5, 5.41) is 8.84. The molecule has 0 amide bonds. The first-order chi connectivity index (χ1) is 9.79. The molecular formula is C14H15NO4S2. The second-order valence-electron chi connectivity index (χ2n) is 4.68. The van der Waals surface area contributed by atoms with Gasteiger partial charge in [0.25, 0.3) is 10.0 Å². The molecule has 5 nitrogen and oxygen atoms in total. The Morgan fingerprint density at radius 1 is 1.19 bits per heavy atom. The zero-order valence-corrected chi connectivity index (χ0v) is 13.2. The SMILES string of the molecule is Cc1ccc([C@@H](C)NS(=O)(=O)c2ccc(C(=O)O)s2)cc1. The van der Waals surface area contributed by atoms with Crippen molar-refractivity contribution < 1.29 is 18.3 Å². The van der Waals surface area contributed by atoms with Gasteiger partial charge in [-0.25, -0.2) is 17.9 Å². The van der Waals surface area contributed by atoms with Crippen molar-refractivity contribution in [2.75, 3.05) is 0 Å². The summed E-state index contributed by atoms with van der Waals surface area (Å²) in [5.41, 5.74) is 1.94. The molecule has 0 radical (unpaired) electrons. The molecule has 0 aliphatic carbocycles. The van der Waals surface area contributed by atoms with Gasteiger partial charge in [-0.1, -0.05) is 29.8 Å². The number of hydrogen-bond acceptors (Lipinski definition) is 4. The number of sulfonamides is 1. The highest BCUT2D eigenvalue weighted by molar-refractivity contribution is 7.91. The van der Waals surface area contributed by atoms with E-state index in [1.165, 1.54) is 12.1 Å². The number of carboxylic acids is 1. The number of nitrogens with one attached hydrogen (secondary N) is 1. The molecule has 7 heteroatoms. The van der Waals surface area contributed by atoms with Gasteiger partial charge in [-0.3, -0.25) is 0 Å². The third kappa shape index (κ3) is 3.69. The topological polar surface area (TPSA) is 83.5 Å². The van der Waals surface area contributed by atoms with Crippen LogP contribution < -0.4 is 4.72 Å². The summed E-state index contributed by atoms with van der Waals surface area (Å²) in [6.45, 7) is 3.70. The molecule has 112 valence electrons. The highest BCUT2D eigenvalue weighted by atomic mass is 32.2. The summed E-state index contributed by atoms with van der Waals surface area (Å²) in [4.78, 5) is 10.8. The molecule has 1 heterocycles. The van der Waals surface area contributed by atoms with Crippen molar-refractivity contribution in [3.05, 3.63) is 52.4 Å². The Balaban J connectivity index is 2.20. The van der Waals surface area contributed by atoms with E-state index in [9.17, 15) is 13.2 Å². The lowest BCUT2D eigenvalue weighted by Crippen LogP contribution is -2.26. The molecule has 0 aliphatic heterocycles. The number of aryl methyl sites for hydroxylation is 1. The Bertz CT molecular complexity index is 748. The van der Waals surface area contributed by atoms with Crippen molar-refractivity contribution in [1.29, 1.82) is 0 Å². The maximum Gasteiger partial charge on any atom is 0.345 e. The van der Waals surface area contributed by atoms with Crippen LogP contribution in [0.5, 0.6) is 0 Å². The van der Waals surface area contributed by atoms with Crippen molar-refractivity contribution in [3.8, 4) is 0 Å². The van der Waals surface area contributed by atoms with Crippen LogP contribution in [-0.4, -0.2) is 19.5 Å². The molecule has 2 N–H and O–H groups in total. The smallest absolute Gasteiger partial charge is 0.345 e. The minimum atomic E-state index is -3.73. The molecule has 0 bridgehead atoms. The zero-order valence-electron chi connectivity index (χ0n) is 11.5. The summed E-state index contributed by atoms with van der Waals surface area (Å²) in [7, 11) is -3.73.